The SMILES string of the molecule is COc1ccc(Oc2cc(C)c(C#C[Si](C(C)C)(C(C)C)C(C)C)c(C)c2)cc1. The summed E-state index contributed by atoms with van der Waals surface area (Å²) in [4.78, 5) is 0. The van der Waals surface area contributed by atoms with Gasteiger partial charge in [-0.15, -0.1) is 5.54 Å². The average molecular weight is 409 g/mol. The molecule has 0 aliphatic carbocycles. The first-order valence-corrected chi connectivity index (χ1v) is 12.8. The lowest BCUT2D eigenvalue weighted by atomic mass is 10.0. The number of rotatable bonds is 6. The molecule has 29 heavy (non-hydrogen) atoms. The molecule has 2 nitrogen and oxygen atoms in total. The summed E-state index contributed by atoms with van der Waals surface area (Å²) < 4.78 is 11.3. The molecule has 0 fully saturated rings. The Morgan fingerprint density at radius 3 is 1.59 bits per heavy atom. The first kappa shape index (κ1) is 23.1. The van der Waals surface area contributed by atoms with Crippen LogP contribution in [-0.2, 0) is 0 Å². The third-order valence-electron chi connectivity index (χ3n) is 6.07. The van der Waals surface area contributed by atoms with Gasteiger partial charge in [0.05, 0.1) is 7.11 Å². The molecule has 0 saturated heterocycles. The zero-order chi connectivity index (χ0) is 21.8. The summed E-state index contributed by atoms with van der Waals surface area (Å²) in [5, 5.41) is 0. The lowest BCUT2D eigenvalue weighted by Gasteiger charge is -2.38. The molecule has 3 heteroatoms. The van der Waals surface area contributed by atoms with Gasteiger partial charge in [-0.3, -0.25) is 0 Å². The van der Waals surface area contributed by atoms with E-state index in [0.29, 0.717) is 16.6 Å². The molecular formula is C26H36O2Si. The highest BCUT2D eigenvalue weighted by Crippen LogP contribution is 2.41. The molecule has 0 radical (unpaired) electrons. The zero-order valence-electron chi connectivity index (χ0n) is 19.5. The maximum absolute atomic E-state index is 6.06. The van der Waals surface area contributed by atoms with Crippen LogP contribution in [0.4, 0.5) is 0 Å². The molecule has 2 aromatic carbocycles. The molecular weight excluding hydrogens is 372 g/mol. The Balaban J connectivity index is 2.38. The van der Waals surface area contributed by atoms with E-state index in [1.165, 1.54) is 11.1 Å². The van der Waals surface area contributed by atoms with Crippen LogP contribution in [0.2, 0.25) is 16.6 Å². The van der Waals surface area contributed by atoms with Crippen molar-refractivity contribution in [2.75, 3.05) is 7.11 Å². The third-order valence-corrected chi connectivity index (χ3v) is 12.4. The van der Waals surface area contributed by atoms with E-state index in [9.17, 15) is 0 Å². The number of methoxy groups -OCH3 is 1. The molecule has 0 unspecified atom stereocenters. The van der Waals surface area contributed by atoms with Crippen LogP contribution in [0.5, 0.6) is 17.2 Å². The maximum Gasteiger partial charge on any atom is 0.146 e. The van der Waals surface area contributed by atoms with Gasteiger partial charge in [0, 0.05) is 5.56 Å². The van der Waals surface area contributed by atoms with E-state index in [1.807, 2.05) is 24.3 Å². The normalized spacial score (nSPS) is 11.6. The van der Waals surface area contributed by atoms with Crippen LogP contribution < -0.4 is 9.47 Å². The minimum Gasteiger partial charge on any atom is -0.497 e. The number of benzene rings is 2. The molecule has 0 saturated carbocycles. The topological polar surface area (TPSA) is 18.5 Å². The van der Waals surface area contributed by atoms with Crippen molar-refractivity contribution >= 4 is 8.07 Å². The summed E-state index contributed by atoms with van der Waals surface area (Å²) in [6.07, 6.45) is 0. The minimum absolute atomic E-state index is 0.633. The molecule has 0 N–H and O–H groups in total. The molecule has 0 amide bonds. The van der Waals surface area contributed by atoms with Crippen molar-refractivity contribution in [1.82, 2.24) is 0 Å². The summed E-state index contributed by atoms with van der Waals surface area (Å²) in [6.45, 7) is 18.4. The van der Waals surface area contributed by atoms with Gasteiger partial charge in [0.25, 0.3) is 0 Å². The molecule has 0 aliphatic rings. The molecule has 156 valence electrons. The molecule has 0 heterocycles. The highest BCUT2D eigenvalue weighted by atomic mass is 28.3. The molecule has 0 bridgehead atoms. The number of hydrogen-bond acceptors (Lipinski definition) is 2. The van der Waals surface area contributed by atoms with Gasteiger partial charge in [-0.05, 0) is 78.0 Å². The van der Waals surface area contributed by atoms with Gasteiger partial charge < -0.3 is 9.47 Å². The van der Waals surface area contributed by atoms with Crippen LogP contribution in [0.1, 0.15) is 58.2 Å². The molecule has 0 aliphatic heterocycles. The van der Waals surface area contributed by atoms with E-state index in [4.69, 9.17) is 9.47 Å². The molecule has 0 aromatic heterocycles. The Kier molecular flexibility index (Phi) is 7.60. The number of aryl methyl sites for hydroxylation is 2. The Labute approximate surface area is 178 Å². The van der Waals surface area contributed by atoms with Crippen molar-refractivity contribution in [1.29, 1.82) is 0 Å². The Morgan fingerprint density at radius 1 is 0.724 bits per heavy atom. The number of ether oxygens (including phenoxy) is 2. The highest BCUT2D eigenvalue weighted by molar-refractivity contribution is 6.90. The van der Waals surface area contributed by atoms with Crippen molar-refractivity contribution < 1.29 is 9.47 Å². The lowest BCUT2D eigenvalue weighted by Crippen LogP contribution is -2.43. The Hall–Kier alpha value is -2.18. The third kappa shape index (κ3) is 5.06. The molecule has 2 rings (SSSR count). The fraction of sp³-hybridized carbons (Fsp3) is 0.462. The van der Waals surface area contributed by atoms with Crippen molar-refractivity contribution in [3.8, 4) is 28.7 Å². The summed E-state index contributed by atoms with van der Waals surface area (Å²) in [5.41, 5.74) is 9.22. The van der Waals surface area contributed by atoms with Crippen molar-refractivity contribution in [3.05, 3.63) is 53.1 Å². The van der Waals surface area contributed by atoms with Crippen molar-refractivity contribution in [2.45, 2.75) is 72.0 Å². The molecule has 0 atom stereocenters. The van der Waals surface area contributed by atoms with Gasteiger partial charge in [0.1, 0.15) is 25.3 Å². The van der Waals surface area contributed by atoms with Crippen LogP contribution in [0, 0.1) is 25.3 Å². The Bertz CT molecular complexity index is 838. The van der Waals surface area contributed by atoms with Crippen LogP contribution in [0.3, 0.4) is 0 Å². The Morgan fingerprint density at radius 2 is 1.17 bits per heavy atom. The van der Waals surface area contributed by atoms with E-state index in [1.54, 1.807) is 7.11 Å². The first-order valence-electron chi connectivity index (χ1n) is 10.6. The van der Waals surface area contributed by atoms with Crippen LogP contribution in [0.15, 0.2) is 36.4 Å². The predicted molar refractivity (Wildman–Crippen MR) is 127 cm³/mol. The smallest absolute Gasteiger partial charge is 0.146 e. The second kappa shape index (κ2) is 9.54. The minimum atomic E-state index is -1.74. The largest absolute Gasteiger partial charge is 0.497 e. The fourth-order valence-corrected chi connectivity index (χ4v) is 9.77. The van der Waals surface area contributed by atoms with E-state index in [0.717, 1.165) is 22.8 Å². The number of hydrogen-bond donors (Lipinski definition) is 0. The zero-order valence-corrected chi connectivity index (χ0v) is 20.5. The highest BCUT2D eigenvalue weighted by Gasteiger charge is 2.41. The predicted octanol–water partition coefficient (Wildman–Crippen LogP) is 7.67. The summed E-state index contributed by atoms with van der Waals surface area (Å²) in [7, 11) is -0.0797. The van der Waals surface area contributed by atoms with Gasteiger partial charge >= 0.3 is 0 Å². The summed E-state index contributed by atoms with van der Waals surface area (Å²) in [6, 6.07) is 11.8. The van der Waals surface area contributed by atoms with Crippen molar-refractivity contribution in [3.63, 3.8) is 0 Å². The molecule has 2 aromatic rings. The van der Waals surface area contributed by atoms with E-state index >= 15 is 0 Å². The first-order chi connectivity index (χ1) is 13.6. The summed E-state index contributed by atoms with van der Waals surface area (Å²) in [5.74, 6) is 6.08. The van der Waals surface area contributed by atoms with Gasteiger partial charge in [0.2, 0.25) is 0 Å². The quantitative estimate of drug-likeness (QED) is 0.360. The van der Waals surface area contributed by atoms with Gasteiger partial charge in [-0.2, -0.15) is 0 Å². The second-order valence-electron chi connectivity index (χ2n) is 8.86. The maximum atomic E-state index is 6.06. The van der Waals surface area contributed by atoms with Crippen LogP contribution >= 0.6 is 0 Å². The van der Waals surface area contributed by atoms with E-state index in [-0.39, 0.29) is 0 Å². The van der Waals surface area contributed by atoms with Gasteiger partial charge in [-0.1, -0.05) is 47.5 Å². The van der Waals surface area contributed by atoms with Gasteiger partial charge in [0.15, 0.2) is 0 Å². The van der Waals surface area contributed by atoms with Crippen molar-refractivity contribution in [2.24, 2.45) is 0 Å². The standard InChI is InChI=1S/C26H36O2Si/c1-18(2)29(19(3)4,20(5)6)15-14-26-21(7)16-25(17-22(26)8)28-24-12-10-23(27-9)11-13-24/h10-13,16-20H,1-9H3. The monoisotopic (exact) mass is 408 g/mol. The van der Waals surface area contributed by atoms with Crippen LogP contribution in [-0.4, -0.2) is 15.2 Å². The van der Waals surface area contributed by atoms with E-state index < -0.39 is 8.07 Å². The van der Waals surface area contributed by atoms with E-state index in [2.05, 4.69) is 79.0 Å². The molecule has 0 spiro atoms. The van der Waals surface area contributed by atoms with Crippen LogP contribution in [0.25, 0.3) is 0 Å². The van der Waals surface area contributed by atoms with Gasteiger partial charge in [-0.25, -0.2) is 0 Å². The fourth-order valence-electron chi connectivity index (χ4n) is 4.56. The average Bonchev–Trinajstić information content (AvgIpc) is 2.63. The summed E-state index contributed by atoms with van der Waals surface area (Å²) >= 11 is 0. The second-order valence-corrected chi connectivity index (χ2v) is 14.4. The lowest BCUT2D eigenvalue weighted by molar-refractivity contribution is 0.413.